The van der Waals surface area contributed by atoms with E-state index in [0.29, 0.717) is 17.9 Å². The number of carbonyl (C=O) groups excluding carboxylic acids is 2. The van der Waals surface area contributed by atoms with E-state index in [1.165, 1.54) is 25.5 Å². The van der Waals surface area contributed by atoms with E-state index in [0.717, 1.165) is 11.1 Å². The number of esters is 1. The van der Waals surface area contributed by atoms with Crippen molar-refractivity contribution in [3.05, 3.63) is 95.1 Å². The second-order valence-corrected chi connectivity index (χ2v) is 6.26. The third-order valence-corrected chi connectivity index (χ3v) is 4.19. The Labute approximate surface area is 173 Å². The summed E-state index contributed by atoms with van der Waals surface area (Å²) < 4.78 is 10.4. The number of rotatable bonds is 7. The highest BCUT2D eigenvalue weighted by Crippen LogP contribution is 2.16. The first-order valence-corrected chi connectivity index (χ1v) is 9.08. The van der Waals surface area contributed by atoms with Crippen LogP contribution >= 0.6 is 0 Å². The number of nitrogens with one attached hydrogen (secondary N) is 1. The van der Waals surface area contributed by atoms with Crippen LogP contribution in [0.25, 0.3) is 0 Å². The van der Waals surface area contributed by atoms with Crippen molar-refractivity contribution in [3.8, 4) is 11.5 Å². The number of hydrogen-bond acceptors (Lipinski definition) is 6. The van der Waals surface area contributed by atoms with Crippen LogP contribution in [0.2, 0.25) is 0 Å². The summed E-state index contributed by atoms with van der Waals surface area (Å²) in [6, 6.07) is 20.4. The fraction of sp³-hybridized carbons (Fsp3) is 0.0870. The van der Waals surface area contributed by atoms with Crippen molar-refractivity contribution < 1.29 is 24.2 Å². The van der Waals surface area contributed by atoms with Gasteiger partial charge in [0.05, 0.1) is 24.5 Å². The number of phenols is 1. The molecule has 0 unspecified atom stereocenters. The molecule has 7 heteroatoms. The average molecular weight is 404 g/mol. The standard InChI is InChI=1S/C23H20N2O5/c1-29-23(28)18-10-6-17(7-11-18)15-30-19-12-8-16(9-13-19)14-24-25-22(27)20-4-2-3-5-21(20)26/h2-14,26H,15H2,1H3,(H,25,27)/b24-14+. The van der Waals surface area contributed by atoms with E-state index in [-0.39, 0.29) is 17.3 Å². The third-order valence-electron chi connectivity index (χ3n) is 4.19. The van der Waals surface area contributed by atoms with Crippen LogP contribution in [-0.4, -0.2) is 30.3 Å². The number of hydrazone groups is 1. The quantitative estimate of drug-likeness (QED) is 0.357. The van der Waals surface area contributed by atoms with Gasteiger partial charge in [-0.15, -0.1) is 0 Å². The summed E-state index contributed by atoms with van der Waals surface area (Å²) in [6.45, 7) is 0.353. The lowest BCUT2D eigenvalue weighted by Gasteiger charge is -2.07. The third kappa shape index (κ3) is 5.45. The Kier molecular flexibility index (Phi) is 6.78. The van der Waals surface area contributed by atoms with Crippen molar-refractivity contribution in [2.45, 2.75) is 6.61 Å². The van der Waals surface area contributed by atoms with Crippen molar-refractivity contribution in [1.29, 1.82) is 0 Å². The lowest BCUT2D eigenvalue weighted by Crippen LogP contribution is -2.17. The van der Waals surface area contributed by atoms with Gasteiger partial charge in [-0.3, -0.25) is 4.79 Å². The molecule has 30 heavy (non-hydrogen) atoms. The molecular weight excluding hydrogens is 384 g/mol. The number of methoxy groups -OCH3 is 1. The zero-order valence-electron chi connectivity index (χ0n) is 16.2. The molecule has 152 valence electrons. The zero-order chi connectivity index (χ0) is 21.3. The zero-order valence-corrected chi connectivity index (χ0v) is 16.2. The predicted molar refractivity (Wildman–Crippen MR) is 112 cm³/mol. The first kappa shape index (κ1) is 20.6. The summed E-state index contributed by atoms with van der Waals surface area (Å²) >= 11 is 0. The Bertz CT molecular complexity index is 1040. The van der Waals surface area contributed by atoms with Crippen LogP contribution in [-0.2, 0) is 11.3 Å². The second-order valence-electron chi connectivity index (χ2n) is 6.26. The Morgan fingerprint density at radius 2 is 1.70 bits per heavy atom. The van der Waals surface area contributed by atoms with E-state index in [1.54, 1.807) is 60.7 Å². The number of carbonyl (C=O) groups is 2. The summed E-state index contributed by atoms with van der Waals surface area (Å²) in [5.41, 5.74) is 4.69. The van der Waals surface area contributed by atoms with E-state index >= 15 is 0 Å². The molecule has 0 aliphatic rings. The van der Waals surface area contributed by atoms with Gasteiger partial charge in [0, 0.05) is 0 Å². The van der Waals surface area contributed by atoms with Gasteiger partial charge in [-0.05, 0) is 59.7 Å². The molecule has 0 aromatic heterocycles. The maximum Gasteiger partial charge on any atom is 0.337 e. The molecule has 0 bridgehead atoms. The van der Waals surface area contributed by atoms with Crippen LogP contribution in [0, 0.1) is 0 Å². The molecule has 2 N–H and O–H groups in total. The van der Waals surface area contributed by atoms with Gasteiger partial charge in [0.25, 0.3) is 5.91 Å². The van der Waals surface area contributed by atoms with Crippen molar-refractivity contribution >= 4 is 18.1 Å². The first-order valence-electron chi connectivity index (χ1n) is 9.08. The SMILES string of the molecule is COC(=O)c1ccc(COc2ccc(/C=N/NC(=O)c3ccccc3O)cc2)cc1. The van der Waals surface area contributed by atoms with Crippen molar-refractivity contribution in [3.63, 3.8) is 0 Å². The van der Waals surface area contributed by atoms with Crippen LogP contribution in [0.15, 0.2) is 77.9 Å². The van der Waals surface area contributed by atoms with Gasteiger partial charge in [-0.2, -0.15) is 5.10 Å². The Hall–Kier alpha value is -4.13. The van der Waals surface area contributed by atoms with E-state index in [2.05, 4.69) is 15.3 Å². The van der Waals surface area contributed by atoms with E-state index in [4.69, 9.17) is 4.74 Å². The number of aromatic hydroxyl groups is 1. The smallest absolute Gasteiger partial charge is 0.337 e. The highest BCUT2D eigenvalue weighted by molar-refractivity contribution is 5.97. The average Bonchev–Trinajstić information content (AvgIpc) is 2.78. The van der Waals surface area contributed by atoms with Gasteiger partial charge < -0.3 is 14.6 Å². The minimum atomic E-state index is -0.498. The fourth-order valence-electron chi connectivity index (χ4n) is 2.56. The van der Waals surface area contributed by atoms with E-state index < -0.39 is 5.91 Å². The van der Waals surface area contributed by atoms with Crippen LogP contribution in [0.5, 0.6) is 11.5 Å². The number of ether oxygens (including phenoxy) is 2. The minimum Gasteiger partial charge on any atom is -0.507 e. The van der Waals surface area contributed by atoms with Gasteiger partial charge in [0.15, 0.2) is 0 Å². The molecular formula is C23H20N2O5. The molecule has 3 aromatic rings. The molecule has 0 heterocycles. The fourth-order valence-corrected chi connectivity index (χ4v) is 2.56. The van der Waals surface area contributed by atoms with Gasteiger partial charge in [0.1, 0.15) is 18.1 Å². The molecule has 3 rings (SSSR count). The van der Waals surface area contributed by atoms with Crippen LogP contribution in [0.3, 0.4) is 0 Å². The molecule has 0 atom stereocenters. The molecule has 3 aromatic carbocycles. The lowest BCUT2D eigenvalue weighted by molar-refractivity contribution is 0.0600. The van der Waals surface area contributed by atoms with Gasteiger partial charge in [-0.25, -0.2) is 10.2 Å². The molecule has 0 saturated carbocycles. The number of phenolic OH excluding ortho intramolecular Hbond substituents is 1. The van der Waals surface area contributed by atoms with Gasteiger partial charge in [-0.1, -0.05) is 24.3 Å². The van der Waals surface area contributed by atoms with Crippen LogP contribution in [0.1, 0.15) is 31.8 Å². The number of hydrogen-bond donors (Lipinski definition) is 2. The first-order chi connectivity index (χ1) is 14.6. The molecule has 0 saturated heterocycles. The lowest BCUT2D eigenvalue weighted by atomic mass is 10.1. The topological polar surface area (TPSA) is 97.2 Å². The maximum atomic E-state index is 12.0. The summed E-state index contributed by atoms with van der Waals surface area (Å²) in [6.07, 6.45) is 1.49. The van der Waals surface area contributed by atoms with Crippen molar-refractivity contribution in [1.82, 2.24) is 5.43 Å². The largest absolute Gasteiger partial charge is 0.507 e. The molecule has 0 spiro atoms. The van der Waals surface area contributed by atoms with Crippen LogP contribution < -0.4 is 10.2 Å². The summed E-state index contributed by atoms with van der Waals surface area (Å²) in [7, 11) is 1.34. The van der Waals surface area contributed by atoms with Gasteiger partial charge in [0.2, 0.25) is 0 Å². The molecule has 1 amide bonds. The monoisotopic (exact) mass is 404 g/mol. The maximum absolute atomic E-state index is 12.0. The molecule has 0 aliphatic heterocycles. The number of para-hydroxylation sites is 1. The van der Waals surface area contributed by atoms with Crippen molar-refractivity contribution in [2.24, 2.45) is 5.10 Å². The molecule has 0 fully saturated rings. The number of nitrogens with zero attached hydrogens (tertiary/aromatic N) is 1. The second kappa shape index (κ2) is 9.88. The highest BCUT2D eigenvalue weighted by Gasteiger charge is 2.08. The Morgan fingerprint density at radius 1 is 1.00 bits per heavy atom. The normalized spacial score (nSPS) is 10.6. The Balaban J connectivity index is 1.51. The van der Waals surface area contributed by atoms with Gasteiger partial charge >= 0.3 is 5.97 Å². The minimum absolute atomic E-state index is 0.105. The van der Waals surface area contributed by atoms with Crippen LogP contribution in [0.4, 0.5) is 0 Å². The van der Waals surface area contributed by atoms with E-state index in [9.17, 15) is 14.7 Å². The number of benzene rings is 3. The van der Waals surface area contributed by atoms with Crippen molar-refractivity contribution in [2.75, 3.05) is 7.11 Å². The molecule has 7 nitrogen and oxygen atoms in total. The summed E-state index contributed by atoms with van der Waals surface area (Å²) in [5.74, 6) is -0.312. The molecule has 0 radical (unpaired) electrons. The molecule has 0 aliphatic carbocycles. The van der Waals surface area contributed by atoms with E-state index in [1.807, 2.05) is 0 Å². The summed E-state index contributed by atoms with van der Waals surface area (Å²) in [5, 5.41) is 13.6. The number of amides is 1. The Morgan fingerprint density at radius 3 is 2.37 bits per heavy atom. The highest BCUT2D eigenvalue weighted by atomic mass is 16.5. The summed E-state index contributed by atoms with van der Waals surface area (Å²) in [4.78, 5) is 23.4. The predicted octanol–water partition coefficient (Wildman–Crippen LogP) is 3.52.